The maximum Gasteiger partial charge on any atom is 0.332 e. The van der Waals surface area contributed by atoms with Crippen molar-refractivity contribution in [2.75, 3.05) is 26.2 Å². The van der Waals surface area contributed by atoms with E-state index in [-0.39, 0.29) is 17.2 Å². The summed E-state index contributed by atoms with van der Waals surface area (Å²) >= 11 is 0. The van der Waals surface area contributed by atoms with Crippen molar-refractivity contribution in [1.82, 2.24) is 28.5 Å². The molecule has 0 saturated carbocycles. The van der Waals surface area contributed by atoms with Gasteiger partial charge in [-0.05, 0) is 18.4 Å². The Labute approximate surface area is 185 Å². The number of piperazine rings is 1. The van der Waals surface area contributed by atoms with Gasteiger partial charge in [0.25, 0.3) is 11.5 Å². The van der Waals surface area contributed by atoms with Gasteiger partial charge in [-0.2, -0.15) is 0 Å². The average Bonchev–Trinajstić information content (AvgIpc) is 3.43. The molecule has 32 heavy (non-hydrogen) atoms. The number of rotatable bonds is 6. The largest absolute Gasteiger partial charge is 0.472 e. The second kappa shape index (κ2) is 8.78. The zero-order chi connectivity index (χ0) is 23.0. The minimum Gasteiger partial charge on any atom is -0.472 e. The summed E-state index contributed by atoms with van der Waals surface area (Å²) in [5.41, 5.74) is 0.755. The van der Waals surface area contributed by atoms with Crippen LogP contribution in [-0.4, -0.2) is 60.6 Å². The molecule has 4 rings (SSSR count). The predicted octanol–water partition coefficient (Wildman–Crippen LogP) is 1.03. The lowest BCUT2D eigenvalue weighted by atomic mass is 10.1. The number of aromatic nitrogens is 4. The van der Waals surface area contributed by atoms with Crippen molar-refractivity contribution in [2.24, 2.45) is 20.0 Å². The Kier molecular flexibility index (Phi) is 6.05. The van der Waals surface area contributed by atoms with Gasteiger partial charge in [-0.15, -0.1) is 0 Å². The summed E-state index contributed by atoms with van der Waals surface area (Å²) < 4.78 is 9.57. The quantitative estimate of drug-likeness (QED) is 0.566. The van der Waals surface area contributed by atoms with E-state index in [1.165, 1.54) is 24.1 Å². The maximum atomic E-state index is 12.9. The number of aryl methyl sites for hydroxylation is 2. The molecule has 0 atom stereocenters. The first-order valence-electron chi connectivity index (χ1n) is 11.0. The normalized spacial score (nSPS) is 15.2. The number of hydrogen-bond acceptors (Lipinski definition) is 6. The molecule has 0 unspecified atom stereocenters. The number of imidazole rings is 1. The number of amides is 1. The van der Waals surface area contributed by atoms with Gasteiger partial charge in [-0.1, -0.05) is 13.8 Å². The van der Waals surface area contributed by atoms with Gasteiger partial charge >= 0.3 is 5.69 Å². The second-order valence-corrected chi connectivity index (χ2v) is 8.82. The first kappa shape index (κ1) is 22.1. The fraction of sp³-hybridized carbons (Fsp3) is 0.545. The topological polar surface area (TPSA) is 98.5 Å². The molecule has 4 heterocycles. The Morgan fingerprint density at radius 2 is 1.84 bits per heavy atom. The van der Waals surface area contributed by atoms with Gasteiger partial charge in [0.15, 0.2) is 11.2 Å². The average molecular weight is 443 g/mol. The van der Waals surface area contributed by atoms with E-state index in [0.29, 0.717) is 61.9 Å². The fourth-order valence-electron chi connectivity index (χ4n) is 4.12. The van der Waals surface area contributed by atoms with Crippen LogP contribution in [0.3, 0.4) is 0 Å². The molecule has 1 aliphatic heterocycles. The number of carbonyl (C=O) groups excluding carboxylic acids is 1. The minimum absolute atomic E-state index is 0.0268. The highest BCUT2D eigenvalue weighted by Crippen LogP contribution is 2.17. The number of nitrogens with zero attached hydrogens (tertiary/aromatic N) is 6. The Morgan fingerprint density at radius 3 is 2.47 bits per heavy atom. The van der Waals surface area contributed by atoms with E-state index in [0.717, 1.165) is 16.8 Å². The van der Waals surface area contributed by atoms with E-state index in [1.807, 2.05) is 9.47 Å². The van der Waals surface area contributed by atoms with Crippen LogP contribution in [0.5, 0.6) is 0 Å². The van der Waals surface area contributed by atoms with Crippen LogP contribution in [0, 0.1) is 5.92 Å². The molecule has 0 aromatic carbocycles. The van der Waals surface area contributed by atoms with Crippen LogP contribution in [0.25, 0.3) is 11.2 Å². The van der Waals surface area contributed by atoms with Crippen LogP contribution in [0.4, 0.5) is 0 Å². The third-order valence-corrected chi connectivity index (χ3v) is 6.15. The van der Waals surface area contributed by atoms with Gasteiger partial charge in [0.1, 0.15) is 12.1 Å². The summed E-state index contributed by atoms with van der Waals surface area (Å²) in [6.45, 7) is 8.12. The fourth-order valence-corrected chi connectivity index (χ4v) is 4.12. The van der Waals surface area contributed by atoms with Gasteiger partial charge in [0, 0.05) is 46.8 Å². The molecule has 1 saturated heterocycles. The molecule has 0 radical (unpaired) electrons. The minimum atomic E-state index is -0.381. The van der Waals surface area contributed by atoms with E-state index in [4.69, 9.17) is 9.40 Å². The highest BCUT2D eigenvalue weighted by Gasteiger charge is 2.25. The SMILES string of the molecule is CC(C)CCn1c(CN2CCN(C(=O)c3ccoc3)CC2)nc2c1c(=O)n(C)c(=O)n2C. The molecule has 0 spiro atoms. The van der Waals surface area contributed by atoms with Crippen LogP contribution in [0.1, 0.15) is 36.5 Å². The molecule has 1 fully saturated rings. The predicted molar refractivity (Wildman–Crippen MR) is 120 cm³/mol. The summed E-state index contributed by atoms with van der Waals surface area (Å²) in [4.78, 5) is 46.6. The number of hydrogen-bond donors (Lipinski definition) is 0. The molecule has 1 amide bonds. The van der Waals surface area contributed by atoms with Gasteiger partial charge in [0.2, 0.25) is 0 Å². The van der Waals surface area contributed by atoms with E-state index < -0.39 is 0 Å². The molecule has 0 bridgehead atoms. The summed E-state index contributed by atoms with van der Waals surface area (Å²) in [5.74, 6) is 1.21. The highest BCUT2D eigenvalue weighted by atomic mass is 16.3. The van der Waals surface area contributed by atoms with Crippen molar-refractivity contribution < 1.29 is 9.21 Å². The molecule has 3 aromatic rings. The summed E-state index contributed by atoms with van der Waals surface area (Å²) in [5, 5.41) is 0. The Bertz CT molecular complexity index is 1230. The van der Waals surface area contributed by atoms with Crippen LogP contribution in [0.15, 0.2) is 32.6 Å². The lowest BCUT2D eigenvalue weighted by Crippen LogP contribution is -2.48. The molecular weight excluding hydrogens is 412 g/mol. The number of carbonyl (C=O) groups is 1. The van der Waals surface area contributed by atoms with Crippen molar-refractivity contribution in [3.05, 3.63) is 50.8 Å². The number of fused-ring (bicyclic) bond motifs is 1. The lowest BCUT2D eigenvalue weighted by molar-refractivity contribution is 0.0623. The van der Waals surface area contributed by atoms with Crippen molar-refractivity contribution in [3.8, 4) is 0 Å². The third-order valence-electron chi connectivity index (χ3n) is 6.15. The molecule has 10 nitrogen and oxygen atoms in total. The van der Waals surface area contributed by atoms with E-state index in [9.17, 15) is 14.4 Å². The van der Waals surface area contributed by atoms with Crippen molar-refractivity contribution in [2.45, 2.75) is 33.4 Å². The first-order chi connectivity index (χ1) is 15.3. The smallest absolute Gasteiger partial charge is 0.332 e. The van der Waals surface area contributed by atoms with Crippen molar-refractivity contribution in [3.63, 3.8) is 0 Å². The third kappa shape index (κ3) is 4.02. The molecule has 10 heteroatoms. The number of furan rings is 1. The maximum absolute atomic E-state index is 12.9. The Balaban J connectivity index is 1.59. The Hall–Kier alpha value is -3.14. The Morgan fingerprint density at radius 1 is 1.12 bits per heavy atom. The van der Waals surface area contributed by atoms with Crippen molar-refractivity contribution >= 4 is 17.1 Å². The molecule has 172 valence electrons. The highest BCUT2D eigenvalue weighted by molar-refractivity contribution is 5.93. The summed E-state index contributed by atoms with van der Waals surface area (Å²) in [7, 11) is 3.15. The van der Waals surface area contributed by atoms with Gasteiger partial charge < -0.3 is 13.9 Å². The van der Waals surface area contributed by atoms with Crippen LogP contribution in [0.2, 0.25) is 0 Å². The summed E-state index contributed by atoms with van der Waals surface area (Å²) in [6, 6.07) is 1.68. The van der Waals surface area contributed by atoms with E-state index >= 15 is 0 Å². The van der Waals surface area contributed by atoms with Gasteiger partial charge in [-0.25, -0.2) is 9.78 Å². The van der Waals surface area contributed by atoms with Gasteiger partial charge in [0.05, 0.1) is 18.4 Å². The zero-order valence-corrected chi connectivity index (χ0v) is 19.1. The molecule has 1 aliphatic rings. The molecular formula is C22H30N6O4. The molecule has 0 N–H and O–H groups in total. The first-order valence-corrected chi connectivity index (χ1v) is 11.0. The van der Waals surface area contributed by atoms with E-state index in [1.54, 1.807) is 13.1 Å². The van der Waals surface area contributed by atoms with Crippen LogP contribution < -0.4 is 11.2 Å². The second-order valence-electron chi connectivity index (χ2n) is 8.82. The monoisotopic (exact) mass is 442 g/mol. The zero-order valence-electron chi connectivity index (χ0n) is 19.1. The summed E-state index contributed by atoms with van der Waals surface area (Å²) in [6.07, 6.45) is 3.87. The molecule has 0 aliphatic carbocycles. The van der Waals surface area contributed by atoms with Gasteiger partial charge in [-0.3, -0.25) is 23.6 Å². The lowest BCUT2D eigenvalue weighted by Gasteiger charge is -2.34. The molecule has 3 aromatic heterocycles. The standard InChI is InChI=1S/C22H30N6O4/c1-15(2)5-7-28-17(23-19-18(28)21(30)25(4)22(31)24(19)3)13-26-8-10-27(11-9-26)20(29)16-6-12-32-14-16/h6,12,14-15H,5,7-11,13H2,1-4H3. The van der Waals surface area contributed by atoms with E-state index in [2.05, 4.69) is 18.7 Å². The van der Waals surface area contributed by atoms with Crippen LogP contribution >= 0.6 is 0 Å². The van der Waals surface area contributed by atoms with Crippen molar-refractivity contribution in [1.29, 1.82) is 0 Å². The van der Waals surface area contributed by atoms with Crippen LogP contribution in [-0.2, 0) is 27.2 Å².